The summed E-state index contributed by atoms with van der Waals surface area (Å²) in [6, 6.07) is 3.18. The molecule has 1 atom stereocenters. The van der Waals surface area contributed by atoms with Gasteiger partial charge in [-0.1, -0.05) is 12.8 Å². The molecular formula is C26H34FN3O3. The van der Waals surface area contributed by atoms with Crippen LogP contribution in [0, 0.1) is 25.6 Å². The summed E-state index contributed by atoms with van der Waals surface area (Å²) in [7, 11) is 0. The molecule has 4 rings (SSSR count). The van der Waals surface area contributed by atoms with Crippen molar-refractivity contribution in [2.45, 2.75) is 71.9 Å². The lowest BCUT2D eigenvalue weighted by Gasteiger charge is -2.41. The van der Waals surface area contributed by atoms with E-state index < -0.39 is 0 Å². The van der Waals surface area contributed by atoms with Crippen LogP contribution >= 0.6 is 0 Å². The van der Waals surface area contributed by atoms with Crippen LogP contribution in [0.5, 0.6) is 0 Å². The molecule has 0 radical (unpaired) electrons. The lowest BCUT2D eigenvalue weighted by Crippen LogP contribution is -2.54. The normalized spacial score (nSPS) is 19.9. The number of carbonyl (C=O) groups excluding carboxylic acids is 2. The van der Waals surface area contributed by atoms with Gasteiger partial charge >= 0.3 is 0 Å². The molecule has 1 saturated carbocycles. The summed E-state index contributed by atoms with van der Waals surface area (Å²) in [4.78, 5) is 33.9. The highest BCUT2D eigenvalue weighted by atomic mass is 19.1. The Morgan fingerprint density at radius 2 is 1.85 bits per heavy atom. The Morgan fingerprint density at radius 1 is 1.12 bits per heavy atom. The molecule has 1 aliphatic heterocycles. The van der Waals surface area contributed by atoms with Crippen molar-refractivity contribution in [3.8, 4) is 0 Å². The topological polar surface area (TPSA) is 66.7 Å². The summed E-state index contributed by atoms with van der Waals surface area (Å²) in [6.45, 7) is 8.68. The first-order valence-electron chi connectivity index (χ1n) is 12.0. The molecule has 1 amide bonds. The van der Waals surface area contributed by atoms with E-state index in [9.17, 15) is 14.0 Å². The molecule has 0 spiro atoms. The molecule has 1 aromatic carbocycles. The SMILES string of the molecule is Cc1nc(CC(=O)Cc2cc(F)cc(CN3CCN(C(=O)C4CCCC4)[C@@H](C)C3)c2C)co1. The summed E-state index contributed by atoms with van der Waals surface area (Å²) in [5, 5.41) is 0. The molecule has 33 heavy (non-hydrogen) atoms. The molecule has 2 fully saturated rings. The second kappa shape index (κ2) is 10.2. The van der Waals surface area contributed by atoms with Gasteiger partial charge in [0, 0.05) is 51.5 Å². The van der Waals surface area contributed by atoms with Crippen LogP contribution < -0.4 is 0 Å². The predicted molar refractivity (Wildman–Crippen MR) is 123 cm³/mol. The summed E-state index contributed by atoms with van der Waals surface area (Å²) in [6.07, 6.45) is 6.20. The van der Waals surface area contributed by atoms with Gasteiger partial charge in [-0.05, 0) is 55.5 Å². The number of oxazole rings is 1. The van der Waals surface area contributed by atoms with Crippen LogP contribution in [0.1, 0.15) is 60.9 Å². The first kappa shape index (κ1) is 23.6. The minimum Gasteiger partial charge on any atom is -0.449 e. The first-order chi connectivity index (χ1) is 15.8. The van der Waals surface area contributed by atoms with Gasteiger partial charge in [-0.3, -0.25) is 14.5 Å². The van der Waals surface area contributed by atoms with Gasteiger partial charge in [0.2, 0.25) is 5.91 Å². The van der Waals surface area contributed by atoms with Gasteiger partial charge in [-0.2, -0.15) is 0 Å². The van der Waals surface area contributed by atoms with E-state index in [0.717, 1.165) is 55.5 Å². The Kier molecular flexibility index (Phi) is 7.27. The number of nitrogens with zero attached hydrogens (tertiary/aromatic N) is 3. The Morgan fingerprint density at radius 3 is 2.52 bits per heavy atom. The van der Waals surface area contributed by atoms with Gasteiger partial charge in [0.1, 0.15) is 17.9 Å². The second-order valence-electron chi connectivity index (χ2n) is 9.70. The summed E-state index contributed by atoms with van der Waals surface area (Å²) in [5.74, 6) is 0.700. The van der Waals surface area contributed by atoms with Crippen molar-refractivity contribution in [3.63, 3.8) is 0 Å². The third-order valence-electron chi connectivity index (χ3n) is 7.11. The van der Waals surface area contributed by atoms with Crippen molar-refractivity contribution in [2.75, 3.05) is 19.6 Å². The molecule has 1 saturated heterocycles. The van der Waals surface area contributed by atoms with Crippen molar-refractivity contribution in [2.24, 2.45) is 5.92 Å². The van der Waals surface area contributed by atoms with Crippen LogP contribution in [-0.4, -0.2) is 52.2 Å². The molecular weight excluding hydrogens is 421 g/mol. The van der Waals surface area contributed by atoms with E-state index in [4.69, 9.17) is 4.42 Å². The van der Waals surface area contributed by atoms with Crippen LogP contribution in [0.4, 0.5) is 4.39 Å². The first-order valence-corrected chi connectivity index (χ1v) is 12.0. The lowest BCUT2D eigenvalue weighted by atomic mass is 9.96. The number of amides is 1. The molecule has 2 heterocycles. The highest BCUT2D eigenvalue weighted by molar-refractivity contribution is 5.83. The van der Waals surface area contributed by atoms with Crippen LogP contribution in [0.2, 0.25) is 0 Å². The largest absolute Gasteiger partial charge is 0.449 e. The number of hydrogen-bond donors (Lipinski definition) is 0. The van der Waals surface area contributed by atoms with Crippen LogP contribution in [0.3, 0.4) is 0 Å². The number of Topliss-reactive ketones (excluding diaryl/α,β-unsaturated/α-hetero) is 1. The Balaban J connectivity index is 1.38. The third kappa shape index (κ3) is 5.69. The third-order valence-corrected chi connectivity index (χ3v) is 7.11. The molecule has 6 nitrogen and oxygen atoms in total. The van der Waals surface area contributed by atoms with E-state index >= 15 is 0 Å². The zero-order valence-corrected chi connectivity index (χ0v) is 19.9. The van der Waals surface area contributed by atoms with Crippen molar-refractivity contribution in [1.82, 2.24) is 14.8 Å². The van der Waals surface area contributed by atoms with Gasteiger partial charge in [0.05, 0.1) is 12.1 Å². The van der Waals surface area contributed by atoms with Crippen LogP contribution in [0.15, 0.2) is 22.8 Å². The maximum atomic E-state index is 14.4. The standard InChI is InChI=1S/C26H34FN3O3/c1-17-14-29(8-9-30(17)26(32)20-6-4-5-7-20)15-22-11-23(27)10-21(18(22)2)12-25(31)13-24-16-33-19(3)28-24/h10-11,16-17,20H,4-9,12-15H2,1-3H3/t17-/m0/s1. The van der Waals surface area contributed by atoms with Crippen molar-refractivity contribution >= 4 is 11.7 Å². The van der Waals surface area contributed by atoms with E-state index in [-0.39, 0.29) is 36.4 Å². The van der Waals surface area contributed by atoms with E-state index in [1.807, 2.05) is 11.8 Å². The monoisotopic (exact) mass is 455 g/mol. The predicted octanol–water partition coefficient (Wildman–Crippen LogP) is 4.01. The average molecular weight is 456 g/mol. The van der Waals surface area contributed by atoms with Crippen LogP contribution in [-0.2, 0) is 29.0 Å². The number of aryl methyl sites for hydroxylation is 1. The molecule has 1 aliphatic carbocycles. The van der Waals surface area contributed by atoms with Crippen molar-refractivity contribution < 1.29 is 18.4 Å². The quantitative estimate of drug-likeness (QED) is 0.631. The maximum Gasteiger partial charge on any atom is 0.226 e. The number of ketones is 1. The number of benzene rings is 1. The van der Waals surface area contributed by atoms with Crippen molar-refractivity contribution in [3.05, 3.63) is 52.5 Å². The van der Waals surface area contributed by atoms with E-state index in [0.29, 0.717) is 30.6 Å². The molecule has 7 heteroatoms. The Bertz CT molecular complexity index is 1010. The molecule has 2 aliphatic rings. The number of rotatable bonds is 7. The fourth-order valence-electron chi connectivity index (χ4n) is 5.26. The Hall–Kier alpha value is -2.54. The molecule has 0 unspecified atom stereocenters. The fourth-order valence-corrected chi connectivity index (χ4v) is 5.26. The minimum atomic E-state index is -0.321. The van der Waals surface area contributed by atoms with Gasteiger partial charge in [0.25, 0.3) is 0 Å². The zero-order valence-electron chi connectivity index (χ0n) is 19.9. The van der Waals surface area contributed by atoms with Gasteiger partial charge in [0.15, 0.2) is 5.89 Å². The number of carbonyl (C=O) groups is 2. The maximum absolute atomic E-state index is 14.4. The van der Waals surface area contributed by atoms with E-state index in [1.54, 1.807) is 13.0 Å². The average Bonchev–Trinajstić information content (AvgIpc) is 3.43. The van der Waals surface area contributed by atoms with Crippen LogP contribution in [0.25, 0.3) is 0 Å². The number of hydrogen-bond acceptors (Lipinski definition) is 5. The summed E-state index contributed by atoms with van der Waals surface area (Å²) >= 11 is 0. The van der Waals surface area contributed by atoms with E-state index in [1.165, 1.54) is 12.3 Å². The highest BCUT2D eigenvalue weighted by Gasteiger charge is 2.33. The number of halogens is 1. The zero-order chi connectivity index (χ0) is 23.5. The number of aromatic nitrogens is 1. The minimum absolute atomic E-state index is 0.0180. The molecule has 178 valence electrons. The van der Waals surface area contributed by atoms with Crippen molar-refractivity contribution in [1.29, 1.82) is 0 Å². The van der Waals surface area contributed by atoms with E-state index in [2.05, 4.69) is 16.8 Å². The molecule has 0 N–H and O–H groups in total. The van der Waals surface area contributed by atoms with Gasteiger partial charge in [-0.15, -0.1) is 0 Å². The Labute approximate surface area is 195 Å². The molecule has 0 bridgehead atoms. The number of piperazine rings is 1. The second-order valence-corrected chi connectivity index (χ2v) is 9.70. The molecule has 1 aromatic heterocycles. The smallest absolute Gasteiger partial charge is 0.226 e. The fraction of sp³-hybridized carbons (Fsp3) is 0.577. The van der Waals surface area contributed by atoms with Gasteiger partial charge < -0.3 is 9.32 Å². The lowest BCUT2D eigenvalue weighted by molar-refractivity contribution is -0.140. The summed E-state index contributed by atoms with van der Waals surface area (Å²) < 4.78 is 19.6. The molecule has 2 aromatic rings. The van der Waals surface area contributed by atoms with Gasteiger partial charge in [-0.25, -0.2) is 9.37 Å². The highest BCUT2D eigenvalue weighted by Crippen LogP contribution is 2.28. The summed E-state index contributed by atoms with van der Waals surface area (Å²) in [5.41, 5.74) is 3.18.